The molecule has 1 heterocycles. The Morgan fingerprint density at radius 3 is 2.53 bits per heavy atom. The van der Waals surface area contributed by atoms with Crippen molar-refractivity contribution in [2.24, 2.45) is 0 Å². The summed E-state index contributed by atoms with van der Waals surface area (Å²) < 4.78 is 40.6. The molecule has 0 saturated carbocycles. The van der Waals surface area contributed by atoms with Crippen molar-refractivity contribution >= 4 is 33.2 Å². The smallest absolute Gasteiger partial charge is 0.234 e. The van der Waals surface area contributed by atoms with Crippen LogP contribution in [-0.2, 0) is 26.9 Å². The molecule has 0 spiro atoms. The standard InChI is InChI=1S/C20H19FN4O3S2/c1-2-12-25-18(14-30(27,28)15-8-4-3-5-9-15)23-24-20(25)29-13-19(26)22-17-11-7-6-10-16(17)21/h2-11H,1,12-14H2,(H,22,26). The van der Waals surface area contributed by atoms with Crippen LogP contribution in [0.2, 0.25) is 0 Å². The van der Waals surface area contributed by atoms with Gasteiger partial charge in [-0.25, -0.2) is 12.8 Å². The Morgan fingerprint density at radius 2 is 1.83 bits per heavy atom. The van der Waals surface area contributed by atoms with Crippen molar-refractivity contribution in [3.63, 3.8) is 0 Å². The lowest BCUT2D eigenvalue weighted by molar-refractivity contribution is -0.113. The highest BCUT2D eigenvalue weighted by Crippen LogP contribution is 2.21. The van der Waals surface area contributed by atoms with Gasteiger partial charge in [-0.1, -0.05) is 48.2 Å². The molecule has 0 aliphatic heterocycles. The van der Waals surface area contributed by atoms with E-state index in [2.05, 4.69) is 22.1 Å². The summed E-state index contributed by atoms with van der Waals surface area (Å²) in [5.74, 6) is -1.08. The Labute approximate surface area is 177 Å². The molecule has 0 bridgehead atoms. The summed E-state index contributed by atoms with van der Waals surface area (Å²) in [6.07, 6.45) is 1.59. The van der Waals surface area contributed by atoms with E-state index in [9.17, 15) is 17.6 Å². The van der Waals surface area contributed by atoms with E-state index in [4.69, 9.17) is 0 Å². The van der Waals surface area contributed by atoms with Crippen LogP contribution in [0.15, 0.2) is 77.3 Å². The van der Waals surface area contributed by atoms with Gasteiger partial charge in [0, 0.05) is 6.54 Å². The number of nitrogens with one attached hydrogen (secondary N) is 1. The van der Waals surface area contributed by atoms with E-state index in [1.54, 1.807) is 34.9 Å². The molecule has 7 nitrogen and oxygen atoms in total. The zero-order valence-corrected chi connectivity index (χ0v) is 17.5. The molecule has 0 aliphatic rings. The van der Waals surface area contributed by atoms with Gasteiger partial charge < -0.3 is 9.88 Å². The van der Waals surface area contributed by atoms with Gasteiger partial charge in [0.2, 0.25) is 5.91 Å². The van der Waals surface area contributed by atoms with E-state index in [0.717, 1.165) is 11.8 Å². The number of nitrogens with zero attached hydrogens (tertiary/aromatic N) is 3. The largest absolute Gasteiger partial charge is 0.323 e. The molecule has 1 aromatic heterocycles. The third kappa shape index (κ3) is 5.33. The number of para-hydroxylation sites is 1. The van der Waals surface area contributed by atoms with Crippen molar-refractivity contribution < 1.29 is 17.6 Å². The molecule has 0 radical (unpaired) electrons. The second kappa shape index (κ2) is 9.68. The highest BCUT2D eigenvalue weighted by Gasteiger charge is 2.21. The van der Waals surface area contributed by atoms with Gasteiger partial charge in [-0.15, -0.1) is 16.8 Å². The summed E-state index contributed by atoms with van der Waals surface area (Å²) >= 11 is 1.08. The van der Waals surface area contributed by atoms with Crippen LogP contribution in [0.25, 0.3) is 0 Å². The lowest BCUT2D eigenvalue weighted by Gasteiger charge is -2.09. The average molecular weight is 447 g/mol. The molecule has 1 amide bonds. The Morgan fingerprint density at radius 1 is 1.13 bits per heavy atom. The van der Waals surface area contributed by atoms with Gasteiger partial charge in [-0.3, -0.25) is 4.79 Å². The molecule has 156 valence electrons. The Bertz CT molecular complexity index is 1150. The van der Waals surface area contributed by atoms with Gasteiger partial charge in [0.05, 0.1) is 16.3 Å². The first kappa shape index (κ1) is 21.7. The number of rotatable bonds is 9. The van der Waals surface area contributed by atoms with E-state index < -0.39 is 21.6 Å². The van der Waals surface area contributed by atoms with Crippen molar-refractivity contribution in [2.45, 2.75) is 22.3 Å². The maximum Gasteiger partial charge on any atom is 0.234 e. The number of benzene rings is 2. The fourth-order valence-corrected chi connectivity index (χ4v) is 4.66. The predicted molar refractivity (Wildman–Crippen MR) is 113 cm³/mol. The van der Waals surface area contributed by atoms with Crippen LogP contribution in [0.4, 0.5) is 10.1 Å². The van der Waals surface area contributed by atoms with Crippen molar-refractivity contribution in [1.29, 1.82) is 0 Å². The minimum Gasteiger partial charge on any atom is -0.323 e. The quantitative estimate of drug-likeness (QED) is 0.400. The van der Waals surface area contributed by atoms with E-state index in [-0.39, 0.29) is 34.5 Å². The molecule has 0 fully saturated rings. The normalized spacial score (nSPS) is 11.2. The number of amides is 1. The number of hydrogen-bond donors (Lipinski definition) is 1. The minimum atomic E-state index is -3.61. The molecular formula is C20H19FN4O3S2. The zero-order chi connectivity index (χ0) is 21.6. The van der Waals surface area contributed by atoms with Crippen LogP contribution in [-0.4, -0.2) is 34.8 Å². The molecule has 3 aromatic rings. The third-order valence-electron chi connectivity index (χ3n) is 4.01. The monoisotopic (exact) mass is 446 g/mol. The number of carbonyl (C=O) groups excluding carboxylic acids is 1. The van der Waals surface area contributed by atoms with Gasteiger partial charge in [0.1, 0.15) is 17.4 Å². The molecule has 0 saturated heterocycles. The van der Waals surface area contributed by atoms with Crippen molar-refractivity contribution in [2.75, 3.05) is 11.1 Å². The van der Waals surface area contributed by atoms with E-state index in [1.807, 2.05) is 0 Å². The number of allylic oxidation sites excluding steroid dienone is 1. The summed E-state index contributed by atoms with van der Waals surface area (Å²) in [4.78, 5) is 12.3. The first-order valence-corrected chi connectivity index (χ1v) is 11.5. The van der Waals surface area contributed by atoms with Gasteiger partial charge in [-0.05, 0) is 24.3 Å². The number of thioether (sulfide) groups is 1. The van der Waals surface area contributed by atoms with Crippen molar-refractivity contribution in [3.8, 4) is 0 Å². The Balaban J connectivity index is 1.72. The number of aromatic nitrogens is 3. The SMILES string of the molecule is C=CCn1c(CS(=O)(=O)c2ccccc2)nnc1SCC(=O)Nc1ccccc1F. The Kier molecular flexibility index (Phi) is 7.01. The van der Waals surface area contributed by atoms with Crippen LogP contribution >= 0.6 is 11.8 Å². The number of halogens is 1. The van der Waals surface area contributed by atoms with Crippen molar-refractivity contribution in [1.82, 2.24) is 14.8 Å². The van der Waals surface area contributed by atoms with Gasteiger partial charge >= 0.3 is 0 Å². The number of carbonyl (C=O) groups is 1. The number of anilines is 1. The summed E-state index contributed by atoms with van der Waals surface area (Å²) in [6, 6.07) is 13.9. The highest BCUT2D eigenvalue weighted by atomic mass is 32.2. The average Bonchev–Trinajstić information content (AvgIpc) is 3.10. The first-order chi connectivity index (χ1) is 14.4. The highest BCUT2D eigenvalue weighted by molar-refractivity contribution is 7.99. The summed E-state index contributed by atoms with van der Waals surface area (Å²) in [5.41, 5.74) is 0.0882. The molecule has 10 heteroatoms. The lowest BCUT2D eigenvalue weighted by Crippen LogP contribution is -2.16. The zero-order valence-electron chi connectivity index (χ0n) is 15.9. The summed E-state index contributed by atoms with van der Waals surface area (Å²) in [6.45, 7) is 3.96. The first-order valence-electron chi connectivity index (χ1n) is 8.88. The van der Waals surface area contributed by atoms with Crippen molar-refractivity contribution in [3.05, 3.63) is 78.9 Å². The molecule has 3 rings (SSSR count). The van der Waals surface area contributed by atoms with Crippen LogP contribution in [0.3, 0.4) is 0 Å². The van der Waals surface area contributed by atoms with E-state index in [0.29, 0.717) is 5.16 Å². The van der Waals surface area contributed by atoms with Gasteiger partial charge in [-0.2, -0.15) is 0 Å². The molecule has 0 atom stereocenters. The molecule has 0 aliphatic carbocycles. The lowest BCUT2D eigenvalue weighted by atomic mass is 10.3. The van der Waals surface area contributed by atoms with Crippen LogP contribution < -0.4 is 5.32 Å². The maximum atomic E-state index is 13.7. The third-order valence-corrected chi connectivity index (χ3v) is 6.60. The van der Waals surface area contributed by atoms with Gasteiger partial charge in [0.15, 0.2) is 15.0 Å². The van der Waals surface area contributed by atoms with E-state index >= 15 is 0 Å². The second-order valence-electron chi connectivity index (χ2n) is 6.19. The number of sulfone groups is 1. The summed E-state index contributed by atoms with van der Waals surface area (Å²) in [7, 11) is -3.61. The minimum absolute atomic E-state index is 0.0466. The van der Waals surface area contributed by atoms with E-state index in [1.165, 1.54) is 30.3 Å². The Hall–Kier alpha value is -2.98. The predicted octanol–water partition coefficient (Wildman–Crippen LogP) is 3.31. The molecular weight excluding hydrogens is 427 g/mol. The molecule has 30 heavy (non-hydrogen) atoms. The summed E-state index contributed by atoms with van der Waals surface area (Å²) in [5, 5.41) is 10.9. The van der Waals surface area contributed by atoms with Gasteiger partial charge in [0.25, 0.3) is 0 Å². The van der Waals surface area contributed by atoms with Crippen LogP contribution in [0.5, 0.6) is 0 Å². The fourth-order valence-electron chi connectivity index (χ4n) is 2.61. The molecule has 2 aromatic carbocycles. The second-order valence-corrected chi connectivity index (χ2v) is 9.12. The fraction of sp³-hybridized carbons (Fsp3) is 0.150. The van der Waals surface area contributed by atoms with Crippen LogP contribution in [0.1, 0.15) is 5.82 Å². The number of hydrogen-bond acceptors (Lipinski definition) is 6. The topological polar surface area (TPSA) is 93.9 Å². The molecule has 1 N–H and O–H groups in total. The van der Waals surface area contributed by atoms with Crippen LogP contribution in [0, 0.1) is 5.82 Å². The maximum absolute atomic E-state index is 13.7. The molecule has 0 unspecified atom stereocenters.